The van der Waals surface area contributed by atoms with E-state index in [2.05, 4.69) is 97.7 Å². The topological polar surface area (TPSA) is 175 Å². The lowest BCUT2D eigenvalue weighted by Gasteiger charge is -2.45. The second kappa shape index (κ2) is 30.3. The van der Waals surface area contributed by atoms with Gasteiger partial charge >= 0.3 is 0 Å². The van der Waals surface area contributed by atoms with E-state index in [-0.39, 0.29) is 0 Å². The van der Waals surface area contributed by atoms with E-state index in [0.29, 0.717) is 132 Å². The lowest BCUT2D eigenvalue weighted by Crippen LogP contribution is -2.51. The van der Waals surface area contributed by atoms with Crippen LogP contribution in [0, 0.1) is 0 Å². The zero-order chi connectivity index (χ0) is 38.0. The van der Waals surface area contributed by atoms with Crippen LogP contribution in [0.1, 0.15) is 16.7 Å². The van der Waals surface area contributed by atoms with Gasteiger partial charge in [-0.05, 0) is 27.8 Å². The second-order valence-corrected chi connectivity index (χ2v) is 11.6. The normalized spacial score (nSPS) is 11.4. The molecule has 0 spiro atoms. The molecular formula is C39H55N7O8. The van der Waals surface area contributed by atoms with Crippen molar-refractivity contribution in [2.24, 2.45) is 10.2 Å². The summed E-state index contributed by atoms with van der Waals surface area (Å²) in [5.41, 5.74) is 19.4. The van der Waals surface area contributed by atoms with Crippen molar-refractivity contribution in [3.8, 4) is 0 Å². The average Bonchev–Trinajstić information content (AvgIpc) is 3.22. The third kappa shape index (κ3) is 17.4. The zero-order valence-electron chi connectivity index (χ0n) is 31.2. The number of azide groups is 2. The molecule has 0 fully saturated rings. The highest BCUT2D eigenvalue weighted by Crippen LogP contribution is 2.42. The largest absolute Gasteiger partial charge is 0.379 e. The van der Waals surface area contributed by atoms with Crippen LogP contribution in [0.3, 0.4) is 0 Å². The fourth-order valence-electron chi connectivity index (χ4n) is 5.71. The smallest absolute Gasteiger partial charge is 0.0974 e. The van der Waals surface area contributed by atoms with Crippen LogP contribution in [0.2, 0.25) is 0 Å². The quantitative estimate of drug-likeness (QED) is 0.0232. The first-order chi connectivity index (χ1) is 26.8. The average molecular weight is 750 g/mol. The Balaban J connectivity index is 1.53. The fraction of sp³-hybridized carbons (Fsp3) is 0.538. The van der Waals surface area contributed by atoms with Gasteiger partial charge in [0.1, 0.15) is 0 Å². The van der Waals surface area contributed by atoms with Gasteiger partial charge in [-0.2, -0.15) is 0 Å². The van der Waals surface area contributed by atoms with Crippen LogP contribution in [0.25, 0.3) is 20.9 Å². The lowest BCUT2D eigenvalue weighted by molar-refractivity contribution is -0.0137. The van der Waals surface area contributed by atoms with Crippen LogP contribution < -0.4 is 0 Å². The summed E-state index contributed by atoms with van der Waals surface area (Å²) in [6, 6.07) is 31.8. The summed E-state index contributed by atoms with van der Waals surface area (Å²) in [5.74, 6) is 0. The SMILES string of the molecule is [N-]=[N+]=NCCOCCOCCOCCOCCN(CCOCCOCCOCCOCCN=[N+]=[N-])C(c1ccccc1)(c1ccccc1)c1ccccc1. The van der Waals surface area contributed by atoms with E-state index in [4.69, 9.17) is 49.0 Å². The van der Waals surface area contributed by atoms with Crippen LogP contribution in [0.4, 0.5) is 0 Å². The maximum absolute atomic E-state index is 8.28. The molecule has 15 nitrogen and oxygen atoms in total. The molecule has 0 N–H and O–H groups in total. The summed E-state index contributed by atoms with van der Waals surface area (Å²) in [7, 11) is 0. The summed E-state index contributed by atoms with van der Waals surface area (Å²) < 4.78 is 45.4. The molecule has 0 radical (unpaired) electrons. The summed E-state index contributed by atoms with van der Waals surface area (Å²) in [6.45, 7) is 9.03. The monoisotopic (exact) mass is 749 g/mol. The Hall–Kier alpha value is -4.08. The molecule has 3 rings (SSSR count). The van der Waals surface area contributed by atoms with Crippen molar-refractivity contribution in [3.05, 3.63) is 129 Å². The van der Waals surface area contributed by atoms with E-state index in [0.717, 1.165) is 16.7 Å². The number of hydrogen-bond acceptors (Lipinski definition) is 11. The van der Waals surface area contributed by atoms with Gasteiger partial charge in [0, 0.05) is 36.0 Å². The molecule has 0 bridgehead atoms. The predicted molar refractivity (Wildman–Crippen MR) is 205 cm³/mol. The van der Waals surface area contributed by atoms with Crippen LogP contribution in [0.15, 0.2) is 101 Å². The Bertz CT molecular complexity index is 1290. The van der Waals surface area contributed by atoms with E-state index >= 15 is 0 Å². The molecule has 0 aliphatic heterocycles. The first kappa shape index (κ1) is 44.3. The van der Waals surface area contributed by atoms with Gasteiger partial charge in [0.15, 0.2) is 0 Å². The number of benzene rings is 3. The van der Waals surface area contributed by atoms with Gasteiger partial charge in [0.2, 0.25) is 0 Å². The number of nitrogens with zero attached hydrogens (tertiary/aromatic N) is 7. The molecular weight excluding hydrogens is 694 g/mol. The van der Waals surface area contributed by atoms with Crippen molar-refractivity contribution in [2.75, 3.05) is 132 Å². The summed E-state index contributed by atoms with van der Waals surface area (Å²) in [5, 5.41) is 6.85. The predicted octanol–water partition coefficient (Wildman–Crippen LogP) is 6.03. The van der Waals surface area contributed by atoms with Gasteiger partial charge in [0.05, 0.1) is 111 Å². The molecule has 54 heavy (non-hydrogen) atoms. The lowest BCUT2D eigenvalue weighted by atomic mass is 9.75. The van der Waals surface area contributed by atoms with Crippen LogP contribution in [0.5, 0.6) is 0 Å². The molecule has 0 amide bonds. The van der Waals surface area contributed by atoms with Crippen LogP contribution in [-0.2, 0) is 43.4 Å². The number of hydrogen-bond donors (Lipinski definition) is 0. The standard InChI is InChI=1S/C39H55N7O8/c40-44-42-16-20-47-24-28-51-32-34-53-30-26-49-22-18-46(19-23-50-27-31-54-35-33-52-29-25-48-21-17-43-45-41)39(36-10-4-1-5-11-36,37-12-6-2-7-13-37)38-14-8-3-9-15-38/h1-15H,16-35H2. The van der Waals surface area contributed by atoms with Crippen molar-refractivity contribution in [2.45, 2.75) is 5.54 Å². The maximum atomic E-state index is 8.28. The fourth-order valence-corrected chi connectivity index (χ4v) is 5.71. The maximum Gasteiger partial charge on any atom is 0.0974 e. The second-order valence-electron chi connectivity index (χ2n) is 11.6. The summed E-state index contributed by atoms with van der Waals surface area (Å²) in [4.78, 5) is 7.82. The zero-order valence-corrected chi connectivity index (χ0v) is 31.2. The first-order valence-corrected chi connectivity index (χ1v) is 18.4. The Labute approximate surface area is 318 Å². The van der Waals surface area contributed by atoms with Crippen molar-refractivity contribution < 1.29 is 37.9 Å². The number of ether oxygens (including phenoxy) is 8. The van der Waals surface area contributed by atoms with Crippen molar-refractivity contribution in [1.82, 2.24) is 4.90 Å². The van der Waals surface area contributed by atoms with Gasteiger partial charge < -0.3 is 37.9 Å². The van der Waals surface area contributed by atoms with Gasteiger partial charge in [-0.25, -0.2) is 0 Å². The molecule has 0 atom stereocenters. The summed E-state index contributed by atoms with van der Waals surface area (Å²) in [6.07, 6.45) is 0. The first-order valence-electron chi connectivity index (χ1n) is 18.4. The minimum absolute atomic E-state index is 0.312. The summed E-state index contributed by atoms with van der Waals surface area (Å²) >= 11 is 0. The molecule has 15 heteroatoms. The van der Waals surface area contributed by atoms with Crippen molar-refractivity contribution in [3.63, 3.8) is 0 Å². The third-order valence-corrected chi connectivity index (χ3v) is 8.09. The van der Waals surface area contributed by atoms with E-state index in [9.17, 15) is 0 Å². The van der Waals surface area contributed by atoms with E-state index in [1.807, 2.05) is 18.2 Å². The van der Waals surface area contributed by atoms with Gasteiger partial charge in [-0.1, -0.05) is 101 Å². The van der Waals surface area contributed by atoms with Gasteiger partial charge in [-0.15, -0.1) is 0 Å². The molecule has 294 valence electrons. The van der Waals surface area contributed by atoms with Gasteiger partial charge in [0.25, 0.3) is 0 Å². The van der Waals surface area contributed by atoms with Crippen molar-refractivity contribution in [1.29, 1.82) is 0 Å². The van der Waals surface area contributed by atoms with Crippen LogP contribution >= 0.6 is 0 Å². The third-order valence-electron chi connectivity index (χ3n) is 8.09. The van der Waals surface area contributed by atoms with E-state index in [1.165, 1.54) is 0 Å². The highest BCUT2D eigenvalue weighted by molar-refractivity contribution is 5.49. The number of rotatable bonds is 34. The van der Waals surface area contributed by atoms with E-state index in [1.54, 1.807) is 0 Å². The Morgan fingerprint density at radius 1 is 0.389 bits per heavy atom. The molecule has 0 aliphatic rings. The van der Waals surface area contributed by atoms with E-state index < -0.39 is 5.54 Å². The molecule has 3 aromatic carbocycles. The highest BCUT2D eigenvalue weighted by atomic mass is 16.6. The Kier molecular flexibility index (Phi) is 24.8. The molecule has 0 saturated heterocycles. The molecule has 0 unspecified atom stereocenters. The minimum Gasteiger partial charge on any atom is -0.379 e. The Morgan fingerprint density at radius 3 is 0.926 bits per heavy atom. The highest BCUT2D eigenvalue weighted by Gasteiger charge is 2.41. The molecule has 3 aromatic rings. The molecule has 0 heterocycles. The molecule has 0 saturated carbocycles. The Morgan fingerprint density at radius 2 is 0.648 bits per heavy atom. The van der Waals surface area contributed by atoms with Crippen molar-refractivity contribution >= 4 is 0 Å². The molecule has 0 aromatic heterocycles. The minimum atomic E-state index is -0.614. The van der Waals surface area contributed by atoms with Crippen LogP contribution in [-0.4, -0.2) is 137 Å². The van der Waals surface area contributed by atoms with Gasteiger partial charge in [-0.3, -0.25) is 4.90 Å². The molecule has 0 aliphatic carbocycles.